The Morgan fingerprint density at radius 3 is 2.82 bits per heavy atom. The van der Waals surface area contributed by atoms with E-state index in [1.54, 1.807) is 30.5 Å². The second-order valence-electron chi connectivity index (χ2n) is 4.80. The maximum absolute atomic E-state index is 13.1. The average molecular weight is 316 g/mol. The summed E-state index contributed by atoms with van der Waals surface area (Å²) >= 11 is 5.81. The lowest BCUT2D eigenvalue weighted by Gasteiger charge is -1.98. The van der Waals surface area contributed by atoms with Crippen molar-refractivity contribution in [3.8, 4) is 5.75 Å². The van der Waals surface area contributed by atoms with Crippen molar-refractivity contribution in [2.45, 2.75) is 0 Å². The van der Waals surface area contributed by atoms with E-state index in [-0.39, 0.29) is 22.4 Å². The number of aromatic nitrogens is 1. The first-order chi connectivity index (χ1) is 10.5. The molecule has 0 fully saturated rings. The summed E-state index contributed by atoms with van der Waals surface area (Å²) in [5, 5.41) is 10.2. The Hall–Kier alpha value is -2.59. The van der Waals surface area contributed by atoms with Gasteiger partial charge in [-0.2, -0.15) is 0 Å². The Balaban J connectivity index is 1.89. The minimum atomic E-state index is -0.359. The van der Waals surface area contributed by atoms with Gasteiger partial charge in [0.25, 0.3) is 0 Å². The van der Waals surface area contributed by atoms with E-state index in [0.29, 0.717) is 22.0 Å². The van der Waals surface area contributed by atoms with E-state index in [1.807, 2.05) is 0 Å². The number of phenolic OH excluding ortho intramolecular Hbond substituents is 1. The zero-order valence-corrected chi connectivity index (χ0v) is 12.1. The van der Waals surface area contributed by atoms with Gasteiger partial charge in [-0.15, -0.1) is 0 Å². The molecule has 0 saturated heterocycles. The number of halogens is 2. The van der Waals surface area contributed by atoms with Gasteiger partial charge in [-0.25, -0.2) is 4.39 Å². The number of allylic oxidation sites excluding steroid dienone is 1. The number of hydrogen-bond donors (Lipinski definition) is 2. The molecule has 0 aliphatic carbocycles. The Bertz CT molecular complexity index is 899. The van der Waals surface area contributed by atoms with Gasteiger partial charge < -0.3 is 10.1 Å². The molecule has 0 aliphatic rings. The molecule has 5 heteroatoms. The molecule has 3 rings (SSSR count). The Morgan fingerprint density at radius 2 is 2.05 bits per heavy atom. The maximum Gasteiger partial charge on any atom is 0.187 e. The Kier molecular flexibility index (Phi) is 3.69. The van der Waals surface area contributed by atoms with Crippen LogP contribution in [0.4, 0.5) is 4.39 Å². The largest absolute Gasteiger partial charge is 0.506 e. The van der Waals surface area contributed by atoms with Crippen molar-refractivity contribution in [2.24, 2.45) is 0 Å². The standard InChI is InChI=1S/C17H11ClFNO2/c18-14-7-10(2-6-17(14)22)1-5-16(21)13-9-20-15-8-11(19)3-4-12(13)15/h1-9,20,22H. The zero-order chi connectivity index (χ0) is 15.7. The molecule has 3 aromatic rings. The first-order valence-corrected chi connectivity index (χ1v) is 6.90. The normalized spacial score (nSPS) is 11.4. The SMILES string of the molecule is O=C(C=Cc1ccc(O)c(Cl)c1)c1c[nH]c2cc(F)ccc12. The van der Waals surface area contributed by atoms with Crippen molar-refractivity contribution in [1.29, 1.82) is 0 Å². The van der Waals surface area contributed by atoms with Gasteiger partial charge in [0, 0.05) is 22.7 Å². The molecule has 0 bridgehead atoms. The number of fused-ring (bicyclic) bond motifs is 1. The summed E-state index contributed by atoms with van der Waals surface area (Å²) in [6, 6.07) is 8.90. The smallest absolute Gasteiger partial charge is 0.187 e. The third-order valence-electron chi connectivity index (χ3n) is 3.31. The monoisotopic (exact) mass is 315 g/mol. The maximum atomic E-state index is 13.1. The summed E-state index contributed by atoms with van der Waals surface area (Å²) in [6.45, 7) is 0. The summed E-state index contributed by atoms with van der Waals surface area (Å²) in [5.74, 6) is -0.575. The highest BCUT2D eigenvalue weighted by molar-refractivity contribution is 6.32. The van der Waals surface area contributed by atoms with Gasteiger partial charge in [0.1, 0.15) is 11.6 Å². The van der Waals surface area contributed by atoms with Gasteiger partial charge in [-0.3, -0.25) is 4.79 Å². The number of aromatic amines is 1. The average Bonchev–Trinajstić information content (AvgIpc) is 2.91. The van der Waals surface area contributed by atoms with Crippen molar-refractivity contribution >= 4 is 34.4 Å². The van der Waals surface area contributed by atoms with Crippen LogP contribution in [0.2, 0.25) is 5.02 Å². The van der Waals surface area contributed by atoms with E-state index in [1.165, 1.54) is 24.3 Å². The van der Waals surface area contributed by atoms with Crippen LogP contribution >= 0.6 is 11.6 Å². The topological polar surface area (TPSA) is 53.1 Å². The first kappa shape index (κ1) is 14.4. The molecule has 110 valence electrons. The van der Waals surface area contributed by atoms with E-state index in [9.17, 15) is 14.3 Å². The van der Waals surface area contributed by atoms with E-state index >= 15 is 0 Å². The second kappa shape index (κ2) is 5.66. The quantitative estimate of drug-likeness (QED) is 0.550. The van der Waals surface area contributed by atoms with E-state index in [4.69, 9.17) is 11.6 Å². The first-order valence-electron chi connectivity index (χ1n) is 6.52. The van der Waals surface area contributed by atoms with Crippen molar-refractivity contribution in [3.63, 3.8) is 0 Å². The summed E-state index contributed by atoms with van der Waals surface area (Å²) in [6.07, 6.45) is 4.57. The number of phenols is 1. The lowest BCUT2D eigenvalue weighted by molar-refractivity contribution is 0.104. The molecule has 2 aromatic carbocycles. The van der Waals surface area contributed by atoms with Gasteiger partial charge in [0.15, 0.2) is 5.78 Å². The van der Waals surface area contributed by atoms with Crippen LogP contribution < -0.4 is 0 Å². The number of H-pyrrole nitrogens is 1. The molecule has 0 unspecified atom stereocenters. The van der Waals surface area contributed by atoms with Crippen molar-refractivity contribution < 1.29 is 14.3 Å². The minimum absolute atomic E-state index is 0.0104. The lowest BCUT2D eigenvalue weighted by atomic mass is 10.1. The number of hydrogen-bond acceptors (Lipinski definition) is 2. The fourth-order valence-corrected chi connectivity index (χ4v) is 2.38. The van der Waals surface area contributed by atoms with Gasteiger partial charge in [0.2, 0.25) is 0 Å². The molecular formula is C17H11ClFNO2. The molecule has 0 spiro atoms. The van der Waals surface area contributed by atoms with Gasteiger partial charge >= 0.3 is 0 Å². The highest BCUT2D eigenvalue weighted by Crippen LogP contribution is 2.24. The lowest BCUT2D eigenvalue weighted by Crippen LogP contribution is -1.92. The second-order valence-corrected chi connectivity index (χ2v) is 5.21. The van der Waals surface area contributed by atoms with Crippen molar-refractivity contribution in [3.05, 3.63) is 70.6 Å². The van der Waals surface area contributed by atoms with Gasteiger partial charge in [0.05, 0.1) is 5.02 Å². The van der Waals surface area contributed by atoms with Crippen molar-refractivity contribution in [1.82, 2.24) is 4.98 Å². The minimum Gasteiger partial charge on any atom is -0.506 e. The van der Waals surface area contributed by atoms with Crippen LogP contribution in [-0.4, -0.2) is 15.9 Å². The van der Waals surface area contributed by atoms with Crippen molar-refractivity contribution in [2.75, 3.05) is 0 Å². The molecule has 1 heterocycles. The third kappa shape index (κ3) is 2.73. The van der Waals surface area contributed by atoms with Crippen LogP contribution in [0.15, 0.2) is 48.7 Å². The van der Waals surface area contributed by atoms with Crippen LogP contribution in [0.25, 0.3) is 17.0 Å². The Morgan fingerprint density at radius 1 is 1.23 bits per heavy atom. The molecule has 2 N–H and O–H groups in total. The van der Waals surface area contributed by atoms with E-state index in [2.05, 4.69) is 4.98 Å². The number of aromatic hydroxyl groups is 1. The predicted molar refractivity (Wildman–Crippen MR) is 84.7 cm³/mol. The van der Waals surface area contributed by atoms with Crippen LogP contribution in [0.3, 0.4) is 0 Å². The highest BCUT2D eigenvalue weighted by Gasteiger charge is 2.10. The summed E-state index contributed by atoms with van der Waals surface area (Å²) in [4.78, 5) is 15.1. The highest BCUT2D eigenvalue weighted by atomic mass is 35.5. The van der Waals surface area contributed by atoms with E-state index < -0.39 is 0 Å². The number of nitrogens with one attached hydrogen (secondary N) is 1. The molecule has 0 atom stereocenters. The molecule has 0 radical (unpaired) electrons. The zero-order valence-electron chi connectivity index (χ0n) is 11.3. The number of rotatable bonds is 3. The molecule has 3 nitrogen and oxygen atoms in total. The number of benzene rings is 2. The number of carbonyl (C=O) groups excluding carboxylic acids is 1. The van der Waals surface area contributed by atoms with Crippen LogP contribution in [0.5, 0.6) is 5.75 Å². The summed E-state index contributed by atoms with van der Waals surface area (Å²) in [5.41, 5.74) is 1.74. The van der Waals surface area contributed by atoms with Crippen LogP contribution in [0, 0.1) is 5.82 Å². The van der Waals surface area contributed by atoms with Crippen LogP contribution in [-0.2, 0) is 0 Å². The molecule has 0 saturated carbocycles. The predicted octanol–water partition coefficient (Wildman–Crippen LogP) is 4.56. The number of carbonyl (C=O) groups is 1. The van der Waals surface area contributed by atoms with Gasteiger partial charge in [-0.05, 0) is 42.0 Å². The molecular weight excluding hydrogens is 305 g/mol. The van der Waals surface area contributed by atoms with Crippen LogP contribution in [0.1, 0.15) is 15.9 Å². The fourth-order valence-electron chi connectivity index (χ4n) is 2.19. The van der Waals surface area contributed by atoms with Gasteiger partial charge in [-0.1, -0.05) is 23.7 Å². The number of ketones is 1. The van der Waals surface area contributed by atoms with E-state index in [0.717, 1.165) is 0 Å². The Labute approximate surface area is 130 Å². The molecule has 1 aromatic heterocycles. The third-order valence-corrected chi connectivity index (χ3v) is 3.61. The molecule has 0 amide bonds. The molecule has 22 heavy (non-hydrogen) atoms. The summed E-state index contributed by atoms with van der Waals surface area (Å²) in [7, 11) is 0. The fraction of sp³-hybridized carbons (Fsp3) is 0. The summed E-state index contributed by atoms with van der Waals surface area (Å²) < 4.78 is 13.1. The molecule has 0 aliphatic heterocycles.